The van der Waals surface area contributed by atoms with Crippen LogP contribution in [-0.4, -0.2) is 24.7 Å². The number of ether oxygens (including phenoxy) is 2. The number of rotatable bonds is 4. The summed E-state index contributed by atoms with van der Waals surface area (Å²) in [6, 6.07) is 19.4. The Morgan fingerprint density at radius 1 is 1.05 bits per heavy atom. The Morgan fingerprint density at radius 2 is 1.77 bits per heavy atom. The summed E-state index contributed by atoms with van der Waals surface area (Å²) in [5.74, 6) is 0.206. The maximum atomic E-state index is 11.3. The van der Waals surface area contributed by atoms with Gasteiger partial charge in [-0.15, -0.1) is 0 Å². The lowest BCUT2D eigenvalue weighted by molar-refractivity contribution is -0.142. The van der Waals surface area contributed by atoms with Gasteiger partial charge in [-0.1, -0.05) is 42.5 Å². The molecule has 4 heteroatoms. The number of carbonyl (C=O) groups is 1. The molecular weight excluding hydrogens is 278 g/mol. The van der Waals surface area contributed by atoms with E-state index in [1.165, 1.54) is 7.11 Å². The van der Waals surface area contributed by atoms with Crippen molar-refractivity contribution >= 4 is 16.9 Å². The van der Waals surface area contributed by atoms with Crippen LogP contribution in [0.5, 0.6) is 5.75 Å². The molecule has 0 saturated carbocycles. The van der Waals surface area contributed by atoms with Crippen LogP contribution in [0.1, 0.15) is 0 Å². The maximum Gasteiger partial charge on any atom is 0.343 e. The smallest absolute Gasteiger partial charge is 0.343 e. The summed E-state index contributed by atoms with van der Waals surface area (Å²) in [5.41, 5.74) is 2.62. The minimum atomic E-state index is -0.415. The molecule has 1 aromatic heterocycles. The van der Waals surface area contributed by atoms with Gasteiger partial charge in [-0.2, -0.15) is 0 Å². The molecule has 0 atom stereocenters. The number of pyridine rings is 1. The predicted octanol–water partition coefficient (Wildman–Crippen LogP) is 3.45. The topological polar surface area (TPSA) is 48.4 Å². The molecule has 0 aliphatic rings. The SMILES string of the molecule is COC(=O)COc1cc(-c2ccccc2)nc2ccccc12. The third kappa shape index (κ3) is 2.91. The van der Waals surface area contributed by atoms with Gasteiger partial charge in [-0.05, 0) is 12.1 Å². The van der Waals surface area contributed by atoms with Crippen LogP contribution in [0.25, 0.3) is 22.2 Å². The molecule has 4 nitrogen and oxygen atoms in total. The second-order valence-corrected chi connectivity index (χ2v) is 4.75. The summed E-state index contributed by atoms with van der Waals surface area (Å²) in [5, 5.41) is 0.867. The van der Waals surface area contributed by atoms with E-state index >= 15 is 0 Å². The van der Waals surface area contributed by atoms with E-state index in [-0.39, 0.29) is 6.61 Å². The highest BCUT2D eigenvalue weighted by Crippen LogP contribution is 2.29. The van der Waals surface area contributed by atoms with Crippen molar-refractivity contribution in [3.8, 4) is 17.0 Å². The van der Waals surface area contributed by atoms with Crippen LogP contribution in [-0.2, 0) is 9.53 Å². The summed E-state index contributed by atoms with van der Waals surface area (Å²) >= 11 is 0. The Bertz CT molecular complexity index is 800. The molecular formula is C18H15NO3. The molecule has 3 aromatic rings. The summed E-state index contributed by atoms with van der Waals surface area (Å²) in [6.45, 7) is -0.126. The third-order valence-corrected chi connectivity index (χ3v) is 3.32. The van der Waals surface area contributed by atoms with Crippen LogP contribution in [0.3, 0.4) is 0 Å². The molecule has 0 spiro atoms. The van der Waals surface area contributed by atoms with Crippen molar-refractivity contribution in [2.45, 2.75) is 0 Å². The summed E-state index contributed by atoms with van der Waals surface area (Å²) < 4.78 is 10.2. The predicted molar refractivity (Wildman–Crippen MR) is 84.7 cm³/mol. The molecule has 3 rings (SSSR count). The summed E-state index contributed by atoms with van der Waals surface area (Å²) in [4.78, 5) is 16.0. The quantitative estimate of drug-likeness (QED) is 0.691. The Balaban J connectivity index is 2.06. The zero-order valence-corrected chi connectivity index (χ0v) is 12.2. The maximum absolute atomic E-state index is 11.3. The first-order valence-corrected chi connectivity index (χ1v) is 6.93. The fourth-order valence-corrected chi connectivity index (χ4v) is 2.22. The largest absolute Gasteiger partial charge is 0.481 e. The van der Waals surface area contributed by atoms with Crippen LogP contribution < -0.4 is 4.74 Å². The lowest BCUT2D eigenvalue weighted by Crippen LogP contribution is -2.12. The second-order valence-electron chi connectivity index (χ2n) is 4.75. The number of benzene rings is 2. The van der Waals surface area contributed by atoms with Crippen LogP contribution in [0.4, 0.5) is 0 Å². The zero-order valence-electron chi connectivity index (χ0n) is 12.2. The fourth-order valence-electron chi connectivity index (χ4n) is 2.22. The summed E-state index contributed by atoms with van der Waals surface area (Å²) in [6.07, 6.45) is 0. The molecule has 0 radical (unpaired) electrons. The number of fused-ring (bicyclic) bond motifs is 1. The number of methoxy groups -OCH3 is 1. The van der Waals surface area contributed by atoms with E-state index in [0.29, 0.717) is 5.75 Å². The van der Waals surface area contributed by atoms with Crippen LogP contribution in [0, 0.1) is 0 Å². The Kier molecular flexibility index (Phi) is 4.01. The lowest BCUT2D eigenvalue weighted by Gasteiger charge is -2.10. The van der Waals surface area contributed by atoms with Crippen LogP contribution in [0.15, 0.2) is 60.7 Å². The van der Waals surface area contributed by atoms with Gasteiger partial charge in [0.1, 0.15) is 5.75 Å². The van der Waals surface area contributed by atoms with Crippen molar-refractivity contribution in [3.63, 3.8) is 0 Å². The highest BCUT2D eigenvalue weighted by Gasteiger charge is 2.10. The standard InChI is InChI=1S/C18H15NO3/c1-21-18(20)12-22-17-11-16(13-7-3-2-4-8-13)19-15-10-6-5-9-14(15)17/h2-11H,12H2,1H3. The summed E-state index contributed by atoms with van der Waals surface area (Å²) in [7, 11) is 1.34. The molecule has 2 aromatic carbocycles. The van der Waals surface area contributed by atoms with Gasteiger partial charge in [0.2, 0.25) is 0 Å². The van der Waals surface area contributed by atoms with E-state index in [2.05, 4.69) is 9.72 Å². The minimum absolute atomic E-state index is 0.126. The number of esters is 1. The zero-order chi connectivity index (χ0) is 15.4. The highest BCUT2D eigenvalue weighted by molar-refractivity contribution is 5.88. The van der Waals surface area contributed by atoms with Crippen LogP contribution in [0.2, 0.25) is 0 Å². The first-order chi connectivity index (χ1) is 10.8. The van der Waals surface area contributed by atoms with Gasteiger partial charge in [-0.25, -0.2) is 9.78 Å². The van der Waals surface area contributed by atoms with Crippen LogP contribution >= 0.6 is 0 Å². The van der Waals surface area contributed by atoms with Gasteiger partial charge < -0.3 is 9.47 Å². The fraction of sp³-hybridized carbons (Fsp3) is 0.111. The molecule has 110 valence electrons. The molecule has 0 aliphatic heterocycles. The Labute approximate surface area is 128 Å². The van der Waals surface area contributed by atoms with Gasteiger partial charge in [0, 0.05) is 17.0 Å². The van der Waals surface area contributed by atoms with E-state index < -0.39 is 5.97 Å². The molecule has 0 unspecified atom stereocenters. The monoisotopic (exact) mass is 293 g/mol. The van der Waals surface area contributed by atoms with Crippen molar-refractivity contribution in [2.75, 3.05) is 13.7 Å². The molecule has 0 saturated heterocycles. The van der Waals surface area contributed by atoms with Gasteiger partial charge >= 0.3 is 5.97 Å². The van der Waals surface area contributed by atoms with Crippen molar-refractivity contribution in [2.24, 2.45) is 0 Å². The third-order valence-electron chi connectivity index (χ3n) is 3.32. The van der Waals surface area contributed by atoms with Gasteiger partial charge in [-0.3, -0.25) is 0 Å². The highest BCUT2D eigenvalue weighted by atomic mass is 16.6. The lowest BCUT2D eigenvalue weighted by atomic mass is 10.1. The molecule has 0 N–H and O–H groups in total. The van der Waals surface area contributed by atoms with Gasteiger partial charge in [0.25, 0.3) is 0 Å². The van der Waals surface area contributed by atoms with Crippen molar-refractivity contribution in [1.82, 2.24) is 4.98 Å². The van der Waals surface area contributed by atoms with Crippen molar-refractivity contribution in [1.29, 1.82) is 0 Å². The second kappa shape index (κ2) is 6.26. The normalized spacial score (nSPS) is 10.4. The molecule has 22 heavy (non-hydrogen) atoms. The minimum Gasteiger partial charge on any atom is -0.481 e. The van der Waals surface area contributed by atoms with E-state index in [1.807, 2.05) is 60.7 Å². The molecule has 0 bridgehead atoms. The average molecular weight is 293 g/mol. The number of hydrogen-bond donors (Lipinski definition) is 0. The van der Waals surface area contributed by atoms with E-state index in [0.717, 1.165) is 22.2 Å². The van der Waals surface area contributed by atoms with E-state index in [1.54, 1.807) is 0 Å². The Morgan fingerprint density at radius 3 is 2.55 bits per heavy atom. The van der Waals surface area contributed by atoms with E-state index in [4.69, 9.17) is 4.74 Å². The molecule has 0 aliphatic carbocycles. The van der Waals surface area contributed by atoms with Crippen molar-refractivity contribution in [3.05, 3.63) is 60.7 Å². The number of para-hydroxylation sites is 1. The molecule has 0 fully saturated rings. The van der Waals surface area contributed by atoms with Crippen molar-refractivity contribution < 1.29 is 14.3 Å². The number of aromatic nitrogens is 1. The van der Waals surface area contributed by atoms with E-state index in [9.17, 15) is 4.79 Å². The van der Waals surface area contributed by atoms with Gasteiger partial charge in [0.15, 0.2) is 6.61 Å². The Hall–Kier alpha value is -2.88. The molecule has 1 heterocycles. The number of nitrogens with zero attached hydrogens (tertiary/aromatic N) is 1. The number of carbonyl (C=O) groups excluding carboxylic acids is 1. The first kappa shape index (κ1) is 14.1. The van der Waals surface area contributed by atoms with Gasteiger partial charge in [0.05, 0.1) is 18.3 Å². The first-order valence-electron chi connectivity index (χ1n) is 6.93. The molecule has 0 amide bonds. The average Bonchev–Trinajstić information content (AvgIpc) is 2.59. The number of hydrogen-bond acceptors (Lipinski definition) is 4.